The summed E-state index contributed by atoms with van der Waals surface area (Å²) in [6.07, 6.45) is 0. The number of para-hydroxylation sites is 1. The van der Waals surface area contributed by atoms with Crippen molar-refractivity contribution in [1.82, 2.24) is 0 Å². The van der Waals surface area contributed by atoms with Crippen molar-refractivity contribution < 1.29 is 32.1 Å². The summed E-state index contributed by atoms with van der Waals surface area (Å²) >= 11 is 0. The van der Waals surface area contributed by atoms with E-state index in [1.165, 1.54) is 23.1 Å². The van der Waals surface area contributed by atoms with Crippen LogP contribution in [0.15, 0.2) is 108 Å². The quantitative estimate of drug-likeness (QED) is 0.102. The first-order valence-corrected chi connectivity index (χ1v) is 15.7. The van der Waals surface area contributed by atoms with Crippen LogP contribution in [0.3, 0.4) is 0 Å². The van der Waals surface area contributed by atoms with Crippen molar-refractivity contribution in [3.05, 3.63) is 125 Å². The van der Waals surface area contributed by atoms with E-state index in [-0.39, 0.29) is 16.8 Å². The van der Waals surface area contributed by atoms with Crippen molar-refractivity contribution in [3.8, 4) is 0 Å². The Morgan fingerprint density at radius 1 is 0.435 bits per heavy atom. The lowest BCUT2D eigenvalue weighted by atomic mass is 9.82. The third-order valence-electron chi connectivity index (χ3n) is 9.02. The van der Waals surface area contributed by atoms with Crippen LogP contribution in [-0.4, -0.2) is 36.6 Å². The number of rotatable bonds is 3. The van der Waals surface area contributed by atoms with Crippen LogP contribution in [0.1, 0.15) is 41.4 Å². The molecule has 9 rings (SSSR count). The summed E-state index contributed by atoms with van der Waals surface area (Å²) in [4.78, 5) is 57.1. The fourth-order valence-electron chi connectivity index (χ4n) is 7.10. The van der Waals surface area contributed by atoms with E-state index in [4.69, 9.17) is 0 Å². The van der Waals surface area contributed by atoms with Crippen LogP contribution in [0.5, 0.6) is 0 Å². The van der Waals surface area contributed by atoms with E-state index in [0.29, 0.717) is 33.0 Å². The Labute approximate surface area is 259 Å². The number of benzene rings is 7. The molecule has 46 heavy (non-hydrogen) atoms. The second-order valence-electron chi connectivity index (χ2n) is 11.3. The van der Waals surface area contributed by atoms with Gasteiger partial charge >= 0.3 is 0 Å². The van der Waals surface area contributed by atoms with Crippen LogP contribution in [0.25, 0.3) is 43.1 Å². The van der Waals surface area contributed by atoms with Crippen LogP contribution >= 0.6 is 0 Å². The standard InChI is InChI=1S/C36H18N2O7S/c39-33-25-13-9-21-23-11-15-27-32-28(36(42)38(35(27)41)19-7-4-8-20(17-19)46(43,44)45)16-12-24(30(23)32)22-10-14-26(31(25)29(21)22)34(40)37(33)18-5-2-1-3-6-18/h1-17H,(H,43,44,45). The number of carbonyl (C=O) groups is 4. The van der Waals surface area contributed by atoms with Gasteiger partial charge in [0, 0.05) is 33.0 Å². The Morgan fingerprint density at radius 2 is 0.826 bits per heavy atom. The maximum Gasteiger partial charge on any atom is 0.294 e. The van der Waals surface area contributed by atoms with E-state index in [1.54, 1.807) is 60.7 Å². The molecule has 0 unspecified atom stereocenters. The first kappa shape index (κ1) is 26.4. The molecule has 0 saturated carbocycles. The lowest BCUT2D eigenvalue weighted by molar-refractivity contribution is 0.0877. The molecule has 9 nitrogen and oxygen atoms in total. The smallest absolute Gasteiger partial charge is 0.282 e. The molecule has 220 valence electrons. The number of hydrogen-bond acceptors (Lipinski definition) is 6. The summed E-state index contributed by atoms with van der Waals surface area (Å²) in [7, 11) is -4.58. The molecule has 0 spiro atoms. The summed E-state index contributed by atoms with van der Waals surface area (Å²) in [5.41, 5.74) is 1.81. The maximum absolute atomic E-state index is 13.9. The second-order valence-corrected chi connectivity index (χ2v) is 12.8. The van der Waals surface area contributed by atoms with Gasteiger partial charge < -0.3 is 0 Å². The van der Waals surface area contributed by atoms with E-state index in [9.17, 15) is 32.1 Å². The van der Waals surface area contributed by atoms with Gasteiger partial charge in [-0.1, -0.05) is 48.5 Å². The third-order valence-corrected chi connectivity index (χ3v) is 9.87. The molecule has 7 aromatic carbocycles. The molecular formula is C36H18N2O7S. The predicted octanol–water partition coefficient (Wildman–Crippen LogP) is 6.59. The van der Waals surface area contributed by atoms with Gasteiger partial charge in [0.1, 0.15) is 0 Å². The fourth-order valence-corrected chi connectivity index (χ4v) is 7.62. The molecule has 0 aromatic heterocycles. The Bertz CT molecular complexity index is 2580. The number of carbonyl (C=O) groups excluding carboxylic acids is 4. The molecule has 4 amide bonds. The lowest BCUT2D eigenvalue weighted by Gasteiger charge is -2.30. The Balaban J connectivity index is 1.30. The molecular weight excluding hydrogens is 604 g/mol. The minimum Gasteiger partial charge on any atom is -0.282 e. The molecule has 0 radical (unpaired) electrons. The highest BCUT2D eigenvalue weighted by molar-refractivity contribution is 7.85. The Morgan fingerprint density at radius 3 is 1.24 bits per heavy atom. The monoisotopic (exact) mass is 622 g/mol. The third kappa shape index (κ3) is 3.28. The minimum atomic E-state index is -4.58. The number of imide groups is 2. The average molecular weight is 623 g/mol. The number of hydrogen-bond donors (Lipinski definition) is 1. The van der Waals surface area contributed by atoms with E-state index in [0.717, 1.165) is 37.9 Å². The van der Waals surface area contributed by atoms with Crippen molar-refractivity contribution in [2.24, 2.45) is 0 Å². The van der Waals surface area contributed by atoms with E-state index in [2.05, 4.69) is 0 Å². The molecule has 0 bridgehead atoms. The highest BCUT2D eigenvalue weighted by Crippen LogP contribution is 2.47. The molecule has 0 atom stereocenters. The summed E-state index contributed by atoms with van der Waals surface area (Å²) in [5.74, 6) is -2.11. The normalized spacial score (nSPS) is 14.9. The zero-order valence-electron chi connectivity index (χ0n) is 23.5. The molecule has 0 aliphatic carbocycles. The van der Waals surface area contributed by atoms with Gasteiger partial charge in [-0.05, 0) is 86.9 Å². The van der Waals surface area contributed by atoms with Gasteiger partial charge in [-0.2, -0.15) is 8.42 Å². The highest BCUT2D eigenvalue weighted by atomic mass is 32.2. The molecule has 2 aliphatic rings. The van der Waals surface area contributed by atoms with Crippen molar-refractivity contribution in [3.63, 3.8) is 0 Å². The van der Waals surface area contributed by atoms with Gasteiger partial charge in [0.2, 0.25) is 0 Å². The molecule has 2 aliphatic heterocycles. The summed E-state index contributed by atoms with van der Waals surface area (Å²) < 4.78 is 33.1. The number of fused-ring (bicyclic) bond motifs is 2. The van der Waals surface area contributed by atoms with Gasteiger partial charge in [-0.25, -0.2) is 9.80 Å². The van der Waals surface area contributed by atoms with Gasteiger partial charge in [-0.3, -0.25) is 23.7 Å². The molecule has 1 N–H and O–H groups in total. The molecule has 2 heterocycles. The van der Waals surface area contributed by atoms with Crippen LogP contribution < -0.4 is 9.80 Å². The molecule has 10 heteroatoms. The van der Waals surface area contributed by atoms with Gasteiger partial charge in [0.05, 0.1) is 16.3 Å². The van der Waals surface area contributed by atoms with E-state index < -0.39 is 38.6 Å². The zero-order valence-corrected chi connectivity index (χ0v) is 24.3. The lowest BCUT2D eigenvalue weighted by Crippen LogP contribution is -2.40. The van der Waals surface area contributed by atoms with Crippen molar-refractivity contribution >= 4 is 88.2 Å². The fraction of sp³-hybridized carbons (Fsp3) is 0. The van der Waals surface area contributed by atoms with Crippen molar-refractivity contribution in [1.29, 1.82) is 0 Å². The van der Waals surface area contributed by atoms with Crippen LogP contribution in [0, 0.1) is 0 Å². The van der Waals surface area contributed by atoms with Gasteiger partial charge in [0.15, 0.2) is 0 Å². The summed E-state index contributed by atoms with van der Waals surface area (Å²) in [6.45, 7) is 0. The Kier molecular flexibility index (Phi) is 5.06. The SMILES string of the molecule is O=C1c2ccc3c4ccc5c6c(ccc(c7ccc(c2c37)C(=O)N1c1ccccc1)c64)C(=O)N(c1cccc(S(=O)(=O)O)c1)C5=O. The molecule has 0 fully saturated rings. The predicted molar refractivity (Wildman–Crippen MR) is 173 cm³/mol. The maximum atomic E-state index is 13.9. The minimum absolute atomic E-state index is 0.00711. The number of amides is 4. The van der Waals surface area contributed by atoms with Crippen molar-refractivity contribution in [2.45, 2.75) is 4.90 Å². The van der Waals surface area contributed by atoms with Crippen LogP contribution in [0.4, 0.5) is 11.4 Å². The second kappa shape index (κ2) is 8.81. The summed E-state index contributed by atoms with van der Waals surface area (Å²) in [5, 5.41) is 5.50. The van der Waals surface area contributed by atoms with Gasteiger partial charge in [-0.15, -0.1) is 0 Å². The van der Waals surface area contributed by atoms with Crippen LogP contribution in [-0.2, 0) is 10.1 Å². The van der Waals surface area contributed by atoms with E-state index >= 15 is 0 Å². The first-order valence-electron chi connectivity index (χ1n) is 14.3. The Hall–Kier alpha value is -5.97. The molecule has 7 aromatic rings. The zero-order chi connectivity index (χ0) is 31.6. The van der Waals surface area contributed by atoms with E-state index in [1.807, 2.05) is 18.2 Å². The average Bonchev–Trinajstić information content (AvgIpc) is 3.06. The van der Waals surface area contributed by atoms with Crippen molar-refractivity contribution in [2.75, 3.05) is 9.80 Å². The highest BCUT2D eigenvalue weighted by Gasteiger charge is 2.38. The first-order chi connectivity index (χ1) is 22.1. The molecule has 0 saturated heterocycles. The number of anilines is 2. The number of nitrogens with zero attached hydrogens (tertiary/aromatic N) is 2. The van der Waals surface area contributed by atoms with Gasteiger partial charge in [0.25, 0.3) is 33.7 Å². The largest absolute Gasteiger partial charge is 0.294 e. The topological polar surface area (TPSA) is 129 Å². The van der Waals surface area contributed by atoms with Crippen LogP contribution in [0.2, 0.25) is 0 Å². The summed E-state index contributed by atoms with van der Waals surface area (Å²) in [6, 6.07) is 27.8.